The number of esters is 2. The van der Waals surface area contributed by atoms with Crippen molar-refractivity contribution < 1.29 is 28.5 Å². The molecule has 3 aromatic rings. The molecule has 0 fully saturated rings. The van der Waals surface area contributed by atoms with Crippen LogP contribution in [0, 0.1) is 5.92 Å². The molecule has 0 aliphatic carbocycles. The topological polar surface area (TPSA) is 132 Å². The molecule has 0 saturated heterocycles. The molecule has 0 amide bonds. The second kappa shape index (κ2) is 7.79. The molecule has 0 unspecified atom stereocenters. The highest BCUT2D eigenvalue weighted by atomic mass is 16.7. The van der Waals surface area contributed by atoms with Crippen LogP contribution in [-0.2, 0) is 37.8 Å². The summed E-state index contributed by atoms with van der Waals surface area (Å²) in [6, 6.07) is 6.45. The minimum absolute atomic E-state index is 0.0831. The van der Waals surface area contributed by atoms with Gasteiger partial charge in [-0.2, -0.15) is 0 Å². The number of ether oxygens (including phenoxy) is 4. The standard InChI is InChI=1S/C26H25N3O7/c1-4-26(36-24(31)21(27)12(2)3)16-7-18-22-14(9-29(18)23(30)15(16)10-33-25(26)32)5-13-6-19-20(35-11-34-19)8-17(13)28-22/h5-8,12,21H,4,9-11,27H2,1-3H3/t21-,26-/m0/s1. The molecule has 3 aliphatic heterocycles. The minimum Gasteiger partial charge on any atom is -0.457 e. The van der Waals surface area contributed by atoms with E-state index in [9.17, 15) is 14.4 Å². The maximum absolute atomic E-state index is 13.6. The van der Waals surface area contributed by atoms with E-state index >= 15 is 0 Å². The molecular formula is C26H25N3O7. The van der Waals surface area contributed by atoms with Crippen molar-refractivity contribution in [1.82, 2.24) is 9.55 Å². The quantitative estimate of drug-likeness (QED) is 0.427. The van der Waals surface area contributed by atoms with Crippen molar-refractivity contribution in [3.8, 4) is 22.9 Å². The molecule has 186 valence electrons. The molecule has 5 heterocycles. The number of aromatic nitrogens is 2. The van der Waals surface area contributed by atoms with E-state index in [1.54, 1.807) is 37.5 Å². The zero-order valence-electron chi connectivity index (χ0n) is 20.1. The highest BCUT2D eigenvalue weighted by molar-refractivity contribution is 5.90. The van der Waals surface area contributed by atoms with Gasteiger partial charge < -0.3 is 29.2 Å². The zero-order chi connectivity index (χ0) is 25.4. The van der Waals surface area contributed by atoms with Crippen molar-refractivity contribution in [2.45, 2.75) is 52.0 Å². The monoisotopic (exact) mass is 491 g/mol. The van der Waals surface area contributed by atoms with Gasteiger partial charge in [0.2, 0.25) is 12.4 Å². The van der Waals surface area contributed by atoms with E-state index in [1.807, 2.05) is 12.1 Å². The molecule has 2 N–H and O–H groups in total. The number of nitrogens with two attached hydrogens (primary N) is 1. The average molecular weight is 492 g/mol. The van der Waals surface area contributed by atoms with Gasteiger partial charge in [-0.05, 0) is 30.5 Å². The lowest BCUT2D eigenvalue weighted by atomic mass is 9.85. The Bertz CT molecular complexity index is 1530. The van der Waals surface area contributed by atoms with Crippen LogP contribution < -0.4 is 20.8 Å². The van der Waals surface area contributed by atoms with Crippen molar-refractivity contribution in [2.75, 3.05) is 6.79 Å². The molecule has 10 heteroatoms. The Hall–Kier alpha value is -3.92. The van der Waals surface area contributed by atoms with Crippen LogP contribution in [0.2, 0.25) is 0 Å². The Morgan fingerprint density at radius 2 is 1.92 bits per heavy atom. The van der Waals surface area contributed by atoms with E-state index in [-0.39, 0.29) is 36.9 Å². The Kier molecular flexibility index (Phi) is 4.88. The molecule has 0 radical (unpaired) electrons. The first kappa shape index (κ1) is 22.5. The van der Waals surface area contributed by atoms with Crippen LogP contribution in [-0.4, -0.2) is 34.3 Å². The van der Waals surface area contributed by atoms with Gasteiger partial charge in [-0.25, -0.2) is 9.78 Å². The first-order chi connectivity index (χ1) is 17.2. The summed E-state index contributed by atoms with van der Waals surface area (Å²) in [5.74, 6) is -0.383. The molecule has 0 spiro atoms. The van der Waals surface area contributed by atoms with Crippen molar-refractivity contribution in [2.24, 2.45) is 11.7 Å². The van der Waals surface area contributed by atoms with Crippen molar-refractivity contribution in [1.29, 1.82) is 0 Å². The first-order valence-electron chi connectivity index (χ1n) is 11.9. The van der Waals surface area contributed by atoms with E-state index in [4.69, 9.17) is 29.7 Å². The summed E-state index contributed by atoms with van der Waals surface area (Å²) in [6.07, 6.45) is 0.0831. The van der Waals surface area contributed by atoms with Crippen LogP contribution in [0.1, 0.15) is 43.9 Å². The lowest BCUT2D eigenvalue weighted by molar-refractivity contribution is -0.190. The number of cyclic esters (lactones) is 1. The number of carbonyl (C=O) groups excluding carboxylic acids is 2. The molecule has 36 heavy (non-hydrogen) atoms. The molecule has 2 aromatic heterocycles. The lowest BCUT2D eigenvalue weighted by Crippen LogP contribution is -2.50. The van der Waals surface area contributed by atoms with Crippen molar-refractivity contribution >= 4 is 22.8 Å². The fourth-order valence-electron chi connectivity index (χ4n) is 5.04. The maximum Gasteiger partial charge on any atom is 0.355 e. The number of hydrogen-bond acceptors (Lipinski definition) is 9. The molecular weight excluding hydrogens is 466 g/mol. The third kappa shape index (κ3) is 3.07. The molecule has 2 atom stereocenters. The van der Waals surface area contributed by atoms with Gasteiger partial charge in [0, 0.05) is 22.6 Å². The summed E-state index contributed by atoms with van der Waals surface area (Å²) in [6.45, 7) is 5.56. The molecule has 1 aromatic carbocycles. The number of benzene rings is 1. The Morgan fingerprint density at radius 3 is 2.64 bits per heavy atom. The summed E-state index contributed by atoms with van der Waals surface area (Å²) in [7, 11) is 0. The van der Waals surface area contributed by atoms with E-state index in [1.165, 1.54) is 0 Å². The van der Waals surface area contributed by atoms with Crippen LogP contribution in [0.4, 0.5) is 0 Å². The minimum atomic E-state index is -1.77. The summed E-state index contributed by atoms with van der Waals surface area (Å²) in [5.41, 5.74) is 7.24. The van der Waals surface area contributed by atoms with Crippen molar-refractivity contribution in [3.05, 3.63) is 51.3 Å². The van der Waals surface area contributed by atoms with Crippen LogP contribution in [0.5, 0.6) is 11.5 Å². The van der Waals surface area contributed by atoms with Gasteiger partial charge in [0.05, 0.1) is 29.0 Å². The average Bonchev–Trinajstić information content (AvgIpc) is 3.46. The Morgan fingerprint density at radius 1 is 1.17 bits per heavy atom. The predicted molar refractivity (Wildman–Crippen MR) is 127 cm³/mol. The fraction of sp³-hybridized carbons (Fsp3) is 0.385. The summed E-state index contributed by atoms with van der Waals surface area (Å²) in [4.78, 5) is 44.4. The number of carbonyl (C=O) groups is 2. The van der Waals surface area contributed by atoms with Crippen LogP contribution >= 0.6 is 0 Å². The third-order valence-electron chi connectivity index (χ3n) is 7.23. The first-order valence-corrected chi connectivity index (χ1v) is 11.9. The lowest BCUT2D eigenvalue weighted by Gasteiger charge is -2.36. The number of pyridine rings is 2. The fourth-order valence-corrected chi connectivity index (χ4v) is 5.04. The summed E-state index contributed by atoms with van der Waals surface area (Å²) >= 11 is 0. The van der Waals surface area contributed by atoms with Gasteiger partial charge >= 0.3 is 11.9 Å². The SMILES string of the molecule is CC[C@@]1(OC(=O)[C@@H](N)C(C)C)C(=O)OCc2c1cc1n(c2=O)Cc2cc3cc4c(cc3nc2-1)OCO4. The van der Waals surface area contributed by atoms with E-state index in [0.717, 1.165) is 10.9 Å². The van der Waals surface area contributed by atoms with E-state index in [0.29, 0.717) is 40.5 Å². The normalized spacial score (nSPS) is 20.1. The number of fused-ring (bicyclic) bond motifs is 6. The largest absolute Gasteiger partial charge is 0.457 e. The molecule has 10 nitrogen and oxygen atoms in total. The summed E-state index contributed by atoms with van der Waals surface area (Å²) in [5, 5.41) is 0.863. The van der Waals surface area contributed by atoms with Crippen LogP contribution in [0.15, 0.2) is 29.1 Å². The van der Waals surface area contributed by atoms with Gasteiger partial charge in [-0.15, -0.1) is 0 Å². The predicted octanol–water partition coefficient (Wildman–Crippen LogP) is 2.34. The number of rotatable bonds is 4. The second-order valence-corrected chi connectivity index (χ2v) is 9.65. The second-order valence-electron chi connectivity index (χ2n) is 9.65. The Labute approximate surface area is 205 Å². The van der Waals surface area contributed by atoms with Crippen LogP contribution in [0.25, 0.3) is 22.3 Å². The van der Waals surface area contributed by atoms with Gasteiger partial charge in [-0.3, -0.25) is 9.59 Å². The van der Waals surface area contributed by atoms with Crippen molar-refractivity contribution in [3.63, 3.8) is 0 Å². The van der Waals surface area contributed by atoms with Gasteiger partial charge in [0.15, 0.2) is 11.5 Å². The molecule has 6 rings (SSSR count). The van der Waals surface area contributed by atoms with Gasteiger partial charge in [-0.1, -0.05) is 20.8 Å². The van der Waals surface area contributed by atoms with Crippen LogP contribution in [0.3, 0.4) is 0 Å². The smallest absolute Gasteiger partial charge is 0.355 e. The number of nitrogens with zero attached hydrogens (tertiary/aromatic N) is 2. The highest BCUT2D eigenvalue weighted by Crippen LogP contribution is 2.42. The third-order valence-corrected chi connectivity index (χ3v) is 7.23. The maximum atomic E-state index is 13.6. The molecule has 0 bridgehead atoms. The van der Waals surface area contributed by atoms with E-state index < -0.39 is 23.6 Å². The summed E-state index contributed by atoms with van der Waals surface area (Å²) < 4.78 is 23.7. The van der Waals surface area contributed by atoms with E-state index in [2.05, 4.69) is 0 Å². The number of hydrogen-bond donors (Lipinski definition) is 1. The zero-order valence-corrected chi connectivity index (χ0v) is 20.1. The molecule has 0 saturated carbocycles. The Balaban J connectivity index is 1.52. The van der Waals surface area contributed by atoms with Gasteiger partial charge in [0.25, 0.3) is 5.56 Å². The van der Waals surface area contributed by atoms with Gasteiger partial charge in [0.1, 0.15) is 12.6 Å². The highest BCUT2D eigenvalue weighted by Gasteiger charge is 2.51. The molecule has 3 aliphatic rings.